The Hall–Kier alpha value is -1.13. The molecule has 0 saturated heterocycles. The first-order chi connectivity index (χ1) is 7.13. The van der Waals surface area contributed by atoms with Crippen LogP contribution in [0.2, 0.25) is 5.02 Å². The fourth-order valence-corrected chi connectivity index (χ4v) is 1.08. The largest absolute Gasteiger partial charge is 0.486 e. The molecule has 0 heterocycles. The van der Waals surface area contributed by atoms with E-state index in [4.69, 9.17) is 22.1 Å². The molecule has 0 radical (unpaired) electrons. The molecule has 0 amide bonds. The minimum Gasteiger partial charge on any atom is -0.486 e. The highest BCUT2D eigenvalue weighted by Crippen LogP contribution is 2.21. The molecule has 82 valence electrons. The van der Waals surface area contributed by atoms with Gasteiger partial charge in [0.15, 0.2) is 0 Å². The summed E-state index contributed by atoms with van der Waals surface area (Å²) < 4.78 is 30.6. The van der Waals surface area contributed by atoms with Gasteiger partial charge in [0.2, 0.25) is 0 Å². The van der Waals surface area contributed by atoms with Crippen molar-refractivity contribution in [2.24, 2.45) is 5.73 Å². The summed E-state index contributed by atoms with van der Waals surface area (Å²) in [6.07, 6.45) is 1.20. The highest BCUT2D eigenvalue weighted by Gasteiger charge is 2.02. The van der Waals surface area contributed by atoms with Crippen LogP contribution >= 0.6 is 11.6 Å². The van der Waals surface area contributed by atoms with Gasteiger partial charge in [-0.05, 0) is 18.2 Å². The number of halogens is 3. The highest BCUT2D eigenvalue weighted by molar-refractivity contribution is 6.30. The fourth-order valence-electron chi connectivity index (χ4n) is 0.906. The Morgan fingerprint density at radius 1 is 1.53 bits per heavy atom. The normalized spacial score (nSPS) is 11.6. The molecule has 0 bridgehead atoms. The van der Waals surface area contributed by atoms with E-state index in [1.54, 1.807) is 0 Å². The third-order valence-electron chi connectivity index (χ3n) is 1.61. The Balaban J connectivity index is 2.58. The smallest absolute Gasteiger partial charge is 0.142 e. The summed E-state index contributed by atoms with van der Waals surface area (Å²) in [5, 5.41) is -0.0595. The molecule has 5 heteroatoms. The lowest BCUT2D eigenvalue weighted by Crippen LogP contribution is -2.01. The van der Waals surface area contributed by atoms with Crippen molar-refractivity contribution in [3.63, 3.8) is 0 Å². The van der Waals surface area contributed by atoms with Crippen molar-refractivity contribution in [1.82, 2.24) is 0 Å². The summed E-state index contributed by atoms with van der Waals surface area (Å²) in [6, 6.07) is 3.81. The summed E-state index contributed by atoms with van der Waals surface area (Å²) in [5.41, 5.74) is 5.10. The number of hydrogen-bond donors (Lipinski definition) is 1. The molecule has 0 saturated carbocycles. The van der Waals surface area contributed by atoms with Crippen LogP contribution in [0.3, 0.4) is 0 Å². The van der Waals surface area contributed by atoms with Gasteiger partial charge < -0.3 is 10.5 Å². The van der Waals surface area contributed by atoms with E-state index in [9.17, 15) is 8.78 Å². The van der Waals surface area contributed by atoms with E-state index in [1.165, 1.54) is 18.2 Å². The van der Waals surface area contributed by atoms with Crippen LogP contribution in [-0.2, 0) is 0 Å². The Morgan fingerprint density at radius 2 is 2.27 bits per heavy atom. The molecule has 0 unspecified atom stereocenters. The maximum atomic E-state index is 12.8. The maximum absolute atomic E-state index is 12.8. The molecule has 0 spiro atoms. The first-order valence-electron chi connectivity index (χ1n) is 4.26. The zero-order chi connectivity index (χ0) is 11.3. The second kappa shape index (κ2) is 5.68. The zero-order valence-electron chi connectivity index (χ0n) is 7.84. The second-order valence-corrected chi connectivity index (χ2v) is 3.16. The SMILES string of the molecule is NC/C=C(/F)COc1ccc(F)c(Cl)c1. The van der Waals surface area contributed by atoms with Gasteiger partial charge in [-0.1, -0.05) is 11.6 Å². The molecule has 0 atom stereocenters. The van der Waals surface area contributed by atoms with E-state index >= 15 is 0 Å². The standard InChI is InChI=1S/C10H10ClF2NO/c11-9-5-8(1-2-10(9)13)15-6-7(12)3-4-14/h1-3,5H,4,6,14H2/b7-3+. The van der Waals surface area contributed by atoms with Crippen molar-refractivity contribution in [1.29, 1.82) is 0 Å². The number of hydrogen-bond acceptors (Lipinski definition) is 2. The highest BCUT2D eigenvalue weighted by atomic mass is 35.5. The van der Waals surface area contributed by atoms with Crippen LogP contribution < -0.4 is 10.5 Å². The van der Waals surface area contributed by atoms with E-state index in [1.807, 2.05) is 0 Å². The molecule has 0 aliphatic rings. The molecule has 0 aliphatic carbocycles. The molecular formula is C10H10ClF2NO. The monoisotopic (exact) mass is 233 g/mol. The van der Waals surface area contributed by atoms with Crippen molar-refractivity contribution >= 4 is 11.6 Å². The maximum Gasteiger partial charge on any atom is 0.142 e. The van der Waals surface area contributed by atoms with Crippen LogP contribution in [0.4, 0.5) is 8.78 Å². The van der Waals surface area contributed by atoms with Gasteiger partial charge in [-0.15, -0.1) is 0 Å². The number of nitrogens with two attached hydrogens (primary N) is 1. The van der Waals surface area contributed by atoms with Gasteiger partial charge in [0.05, 0.1) is 5.02 Å². The first kappa shape index (κ1) is 11.9. The molecule has 0 fully saturated rings. The summed E-state index contributed by atoms with van der Waals surface area (Å²) in [4.78, 5) is 0. The molecule has 1 rings (SSSR count). The van der Waals surface area contributed by atoms with E-state index in [0.29, 0.717) is 5.75 Å². The Labute approximate surface area is 91.3 Å². The fraction of sp³-hybridized carbons (Fsp3) is 0.200. The van der Waals surface area contributed by atoms with E-state index in [-0.39, 0.29) is 18.2 Å². The third-order valence-corrected chi connectivity index (χ3v) is 1.90. The van der Waals surface area contributed by atoms with Crippen LogP contribution in [0.25, 0.3) is 0 Å². The molecule has 1 aromatic carbocycles. The minimum atomic E-state index is -0.540. The van der Waals surface area contributed by atoms with Crippen LogP contribution in [0.5, 0.6) is 5.75 Å². The molecule has 15 heavy (non-hydrogen) atoms. The Kier molecular flexibility index (Phi) is 4.52. The van der Waals surface area contributed by atoms with Gasteiger partial charge in [0, 0.05) is 12.6 Å². The van der Waals surface area contributed by atoms with Crippen molar-refractivity contribution in [2.45, 2.75) is 0 Å². The van der Waals surface area contributed by atoms with Crippen molar-refractivity contribution in [3.8, 4) is 5.75 Å². The van der Waals surface area contributed by atoms with Crippen LogP contribution in [0.1, 0.15) is 0 Å². The van der Waals surface area contributed by atoms with Crippen molar-refractivity contribution in [2.75, 3.05) is 13.2 Å². The first-order valence-corrected chi connectivity index (χ1v) is 4.63. The summed E-state index contributed by atoms with van der Waals surface area (Å²) >= 11 is 5.51. The molecule has 0 aliphatic heterocycles. The van der Waals surface area contributed by atoms with E-state index in [2.05, 4.69) is 0 Å². The van der Waals surface area contributed by atoms with E-state index in [0.717, 1.165) is 6.07 Å². The number of benzene rings is 1. The number of rotatable bonds is 4. The predicted molar refractivity (Wildman–Crippen MR) is 55.2 cm³/mol. The van der Waals surface area contributed by atoms with Gasteiger partial charge in [0.1, 0.15) is 24.0 Å². The second-order valence-electron chi connectivity index (χ2n) is 2.75. The van der Waals surface area contributed by atoms with Gasteiger partial charge >= 0.3 is 0 Å². The van der Waals surface area contributed by atoms with Gasteiger partial charge in [-0.3, -0.25) is 0 Å². The zero-order valence-corrected chi connectivity index (χ0v) is 8.60. The van der Waals surface area contributed by atoms with E-state index < -0.39 is 11.6 Å². The average molecular weight is 234 g/mol. The van der Waals surface area contributed by atoms with Crippen LogP contribution in [0.15, 0.2) is 30.1 Å². The number of ether oxygens (including phenoxy) is 1. The molecule has 1 aromatic rings. The average Bonchev–Trinajstić information content (AvgIpc) is 2.20. The van der Waals surface area contributed by atoms with Gasteiger partial charge in [-0.25, -0.2) is 8.78 Å². The molecular weight excluding hydrogens is 224 g/mol. The summed E-state index contributed by atoms with van der Waals surface area (Å²) in [7, 11) is 0. The summed E-state index contributed by atoms with van der Waals surface area (Å²) in [5.74, 6) is -0.707. The van der Waals surface area contributed by atoms with Crippen LogP contribution in [0, 0.1) is 5.82 Å². The topological polar surface area (TPSA) is 35.2 Å². The lowest BCUT2D eigenvalue weighted by molar-refractivity contribution is 0.318. The lowest BCUT2D eigenvalue weighted by atomic mass is 10.3. The molecule has 2 N–H and O–H groups in total. The van der Waals surface area contributed by atoms with Crippen molar-refractivity contribution < 1.29 is 13.5 Å². The quantitative estimate of drug-likeness (QED) is 0.868. The predicted octanol–water partition coefficient (Wildman–Crippen LogP) is 2.67. The van der Waals surface area contributed by atoms with Crippen molar-refractivity contribution in [3.05, 3.63) is 40.9 Å². The Morgan fingerprint density at radius 3 is 2.87 bits per heavy atom. The third kappa shape index (κ3) is 3.85. The molecule has 2 nitrogen and oxygen atoms in total. The van der Waals surface area contributed by atoms with Gasteiger partial charge in [0.25, 0.3) is 0 Å². The minimum absolute atomic E-state index is 0.0595. The lowest BCUT2D eigenvalue weighted by Gasteiger charge is -2.05. The Bertz CT molecular complexity index is 368. The van der Waals surface area contributed by atoms with Crippen LogP contribution in [-0.4, -0.2) is 13.2 Å². The molecule has 0 aromatic heterocycles. The summed E-state index contributed by atoms with van der Waals surface area (Å²) in [6.45, 7) is -0.126. The van der Waals surface area contributed by atoms with Gasteiger partial charge in [-0.2, -0.15) is 0 Å².